The second kappa shape index (κ2) is 6.58. The summed E-state index contributed by atoms with van der Waals surface area (Å²) in [6.45, 7) is 5.12. The minimum absolute atomic E-state index is 0.0600. The maximum Gasteiger partial charge on any atom is 0.225 e. The Bertz CT molecular complexity index is 283. The van der Waals surface area contributed by atoms with Crippen molar-refractivity contribution >= 4 is 17.2 Å². The fourth-order valence-electron chi connectivity index (χ4n) is 1.12. The van der Waals surface area contributed by atoms with Crippen LogP contribution in [0.15, 0.2) is 17.5 Å². The first-order valence-electron chi connectivity index (χ1n) is 5.09. The van der Waals surface area contributed by atoms with Gasteiger partial charge in [-0.1, -0.05) is 6.07 Å². The molecule has 1 aromatic heterocycles. The van der Waals surface area contributed by atoms with E-state index >= 15 is 0 Å². The zero-order chi connectivity index (χ0) is 11.1. The van der Waals surface area contributed by atoms with Gasteiger partial charge >= 0.3 is 0 Å². The molecule has 1 rings (SSSR count). The third kappa shape index (κ3) is 5.54. The number of carbonyl (C=O) groups is 1. The first kappa shape index (κ1) is 12.2. The van der Waals surface area contributed by atoms with Crippen molar-refractivity contribution in [1.29, 1.82) is 0 Å². The lowest BCUT2D eigenvalue weighted by molar-refractivity contribution is -0.120. The number of hydrogen-bond donors (Lipinski definition) is 1. The van der Waals surface area contributed by atoms with Gasteiger partial charge < -0.3 is 10.1 Å². The van der Waals surface area contributed by atoms with Gasteiger partial charge in [0.2, 0.25) is 5.91 Å². The summed E-state index contributed by atoms with van der Waals surface area (Å²) in [6.07, 6.45) is 0.693. The van der Waals surface area contributed by atoms with Gasteiger partial charge in [0.15, 0.2) is 0 Å². The maximum atomic E-state index is 11.4. The van der Waals surface area contributed by atoms with E-state index in [-0.39, 0.29) is 12.0 Å². The molecule has 1 aromatic rings. The average molecular weight is 227 g/mol. The Kier molecular flexibility index (Phi) is 5.36. The predicted molar refractivity (Wildman–Crippen MR) is 62.1 cm³/mol. The van der Waals surface area contributed by atoms with Crippen molar-refractivity contribution in [1.82, 2.24) is 5.32 Å². The van der Waals surface area contributed by atoms with Crippen molar-refractivity contribution in [3.8, 4) is 0 Å². The lowest BCUT2D eigenvalue weighted by Gasteiger charge is -2.08. The molecule has 0 atom stereocenters. The highest BCUT2D eigenvalue weighted by molar-refractivity contribution is 7.10. The Hall–Kier alpha value is -0.870. The van der Waals surface area contributed by atoms with Crippen molar-refractivity contribution in [3.63, 3.8) is 0 Å². The Balaban J connectivity index is 2.09. The van der Waals surface area contributed by atoms with Crippen LogP contribution < -0.4 is 5.32 Å². The summed E-state index contributed by atoms with van der Waals surface area (Å²) in [5.41, 5.74) is 0. The first-order valence-corrected chi connectivity index (χ1v) is 5.97. The van der Waals surface area contributed by atoms with Gasteiger partial charge in [-0.05, 0) is 25.3 Å². The van der Waals surface area contributed by atoms with Gasteiger partial charge in [-0.15, -0.1) is 11.3 Å². The summed E-state index contributed by atoms with van der Waals surface area (Å²) in [6, 6.07) is 3.92. The molecular weight excluding hydrogens is 210 g/mol. The Morgan fingerprint density at radius 3 is 3.00 bits per heavy atom. The molecule has 1 heterocycles. The van der Waals surface area contributed by atoms with Crippen LogP contribution in [0, 0.1) is 0 Å². The molecule has 0 unspecified atom stereocenters. The number of thiophene rings is 1. The monoisotopic (exact) mass is 227 g/mol. The number of amides is 1. The molecule has 0 radical (unpaired) electrons. The fraction of sp³-hybridized carbons (Fsp3) is 0.545. The van der Waals surface area contributed by atoms with E-state index < -0.39 is 0 Å². The van der Waals surface area contributed by atoms with Crippen molar-refractivity contribution in [2.75, 3.05) is 13.2 Å². The van der Waals surface area contributed by atoms with E-state index in [0.29, 0.717) is 19.6 Å². The number of ether oxygens (including phenoxy) is 1. The van der Waals surface area contributed by atoms with Gasteiger partial charge in [-0.25, -0.2) is 0 Å². The van der Waals surface area contributed by atoms with Gasteiger partial charge in [-0.3, -0.25) is 4.79 Å². The normalized spacial score (nSPS) is 10.6. The molecule has 84 valence electrons. The topological polar surface area (TPSA) is 38.3 Å². The number of hydrogen-bond acceptors (Lipinski definition) is 3. The van der Waals surface area contributed by atoms with Crippen LogP contribution in [0.5, 0.6) is 0 Å². The van der Waals surface area contributed by atoms with Gasteiger partial charge in [0.05, 0.1) is 19.1 Å². The summed E-state index contributed by atoms with van der Waals surface area (Å²) in [5, 5.41) is 4.80. The van der Waals surface area contributed by atoms with E-state index in [1.54, 1.807) is 11.3 Å². The third-order valence-electron chi connectivity index (χ3n) is 1.79. The molecular formula is C11H17NO2S. The van der Waals surface area contributed by atoms with Gasteiger partial charge in [0, 0.05) is 11.4 Å². The molecule has 0 spiro atoms. The Morgan fingerprint density at radius 2 is 2.40 bits per heavy atom. The molecule has 0 aromatic carbocycles. The van der Waals surface area contributed by atoms with Crippen LogP contribution in [0.4, 0.5) is 0 Å². The molecule has 3 nitrogen and oxygen atoms in total. The van der Waals surface area contributed by atoms with E-state index in [1.807, 2.05) is 31.4 Å². The summed E-state index contributed by atoms with van der Waals surface area (Å²) in [7, 11) is 0. The van der Waals surface area contributed by atoms with Crippen molar-refractivity contribution < 1.29 is 9.53 Å². The highest BCUT2D eigenvalue weighted by atomic mass is 32.1. The number of nitrogens with one attached hydrogen (secondary N) is 1. The van der Waals surface area contributed by atoms with Crippen LogP contribution in [-0.2, 0) is 16.0 Å². The largest absolute Gasteiger partial charge is 0.377 e. The number of rotatable bonds is 6. The summed E-state index contributed by atoms with van der Waals surface area (Å²) >= 11 is 1.60. The molecule has 15 heavy (non-hydrogen) atoms. The molecule has 0 aliphatic carbocycles. The molecule has 0 saturated heterocycles. The van der Waals surface area contributed by atoms with Crippen molar-refractivity contribution in [2.45, 2.75) is 26.4 Å². The van der Waals surface area contributed by atoms with E-state index in [9.17, 15) is 4.79 Å². The molecule has 1 amide bonds. The summed E-state index contributed by atoms with van der Waals surface area (Å²) in [4.78, 5) is 12.5. The van der Waals surface area contributed by atoms with Crippen LogP contribution in [0.25, 0.3) is 0 Å². The highest BCUT2D eigenvalue weighted by Crippen LogP contribution is 2.08. The van der Waals surface area contributed by atoms with Gasteiger partial charge in [-0.2, -0.15) is 0 Å². The predicted octanol–water partition coefficient (Wildman–Crippen LogP) is 1.83. The second-order valence-electron chi connectivity index (χ2n) is 3.53. The molecule has 0 fully saturated rings. The lowest BCUT2D eigenvalue weighted by atomic mass is 10.3. The van der Waals surface area contributed by atoms with Crippen molar-refractivity contribution in [2.24, 2.45) is 0 Å². The maximum absolute atomic E-state index is 11.4. The third-order valence-corrected chi connectivity index (χ3v) is 2.67. The standard InChI is InChI=1S/C11H17NO2S/c1-9(2)14-6-5-12-11(13)8-10-4-3-7-15-10/h3-4,7,9H,5-6,8H2,1-2H3,(H,12,13). The van der Waals surface area contributed by atoms with Crippen LogP contribution in [-0.4, -0.2) is 25.2 Å². The lowest BCUT2D eigenvalue weighted by Crippen LogP contribution is -2.29. The number of carbonyl (C=O) groups excluding carboxylic acids is 1. The van der Waals surface area contributed by atoms with E-state index in [2.05, 4.69) is 5.32 Å². The Labute approximate surface area is 94.5 Å². The minimum Gasteiger partial charge on any atom is -0.377 e. The molecule has 0 bridgehead atoms. The van der Waals surface area contributed by atoms with Crippen LogP contribution in [0.1, 0.15) is 18.7 Å². The first-order chi connectivity index (χ1) is 7.18. The average Bonchev–Trinajstić information content (AvgIpc) is 2.64. The zero-order valence-electron chi connectivity index (χ0n) is 9.16. The second-order valence-corrected chi connectivity index (χ2v) is 4.56. The smallest absolute Gasteiger partial charge is 0.225 e. The summed E-state index contributed by atoms with van der Waals surface area (Å²) < 4.78 is 5.32. The highest BCUT2D eigenvalue weighted by Gasteiger charge is 2.03. The summed E-state index contributed by atoms with van der Waals surface area (Å²) in [5.74, 6) is 0.0600. The van der Waals surface area contributed by atoms with E-state index in [1.165, 1.54) is 0 Å². The van der Waals surface area contributed by atoms with Gasteiger partial charge in [0.1, 0.15) is 0 Å². The molecule has 4 heteroatoms. The fourth-order valence-corrected chi connectivity index (χ4v) is 1.82. The van der Waals surface area contributed by atoms with E-state index in [0.717, 1.165) is 4.88 Å². The molecule has 1 N–H and O–H groups in total. The SMILES string of the molecule is CC(C)OCCNC(=O)Cc1cccs1. The van der Waals surface area contributed by atoms with Crippen LogP contribution >= 0.6 is 11.3 Å². The zero-order valence-corrected chi connectivity index (χ0v) is 9.97. The van der Waals surface area contributed by atoms with Gasteiger partial charge in [0.25, 0.3) is 0 Å². The van der Waals surface area contributed by atoms with Crippen molar-refractivity contribution in [3.05, 3.63) is 22.4 Å². The minimum atomic E-state index is 0.0600. The van der Waals surface area contributed by atoms with Crippen LogP contribution in [0.3, 0.4) is 0 Å². The molecule has 0 aliphatic rings. The molecule has 0 saturated carbocycles. The molecule has 0 aliphatic heterocycles. The van der Waals surface area contributed by atoms with E-state index in [4.69, 9.17) is 4.74 Å². The quantitative estimate of drug-likeness (QED) is 0.753. The van der Waals surface area contributed by atoms with Crippen LogP contribution in [0.2, 0.25) is 0 Å². The Morgan fingerprint density at radius 1 is 1.60 bits per heavy atom.